The highest BCUT2D eigenvalue weighted by Gasteiger charge is 2.06. The number of fused-ring (bicyclic) bond motifs is 1. The van der Waals surface area contributed by atoms with Crippen LogP contribution >= 0.6 is 0 Å². The molecule has 0 radical (unpaired) electrons. The van der Waals surface area contributed by atoms with Crippen molar-refractivity contribution in [3.63, 3.8) is 0 Å². The fourth-order valence-electron chi connectivity index (χ4n) is 2.62. The molecule has 0 nitrogen and oxygen atoms in total. The summed E-state index contributed by atoms with van der Waals surface area (Å²) in [6, 6.07) is 16.0. The summed E-state index contributed by atoms with van der Waals surface area (Å²) in [5.74, 6) is 4.56. The summed E-state index contributed by atoms with van der Waals surface area (Å²) >= 11 is 0. The first-order valence-corrected chi connectivity index (χ1v) is 8.16. The van der Waals surface area contributed by atoms with Crippen LogP contribution in [0.15, 0.2) is 54.6 Å². The highest BCUT2D eigenvalue weighted by molar-refractivity contribution is 5.84. The van der Waals surface area contributed by atoms with E-state index in [9.17, 15) is 8.78 Å². The molecule has 0 spiro atoms. The first-order chi connectivity index (χ1) is 11.7. The molecule has 2 heteroatoms. The van der Waals surface area contributed by atoms with Gasteiger partial charge >= 0.3 is 0 Å². The third-order valence-electron chi connectivity index (χ3n) is 4.03. The second-order valence-corrected chi connectivity index (χ2v) is 5.85. The first-order valence-electron chi connectivity index (χ1n) is 8.16. The molecule has 24 heavy (non-hydrogen) atoms. The number of aryl methyl sites for hydroxylation is 1. The number of benzene rings is 3. The third-order valence-corrected chi connectivity index (χ3v) is 4.03. The Morgan fingerprint density at radius 2 is 1.54 bits per heavy atom. The van der Waals surface area contributed by atoms with Gasteiger partial charge in [-0.3, -0.25) is 0 Å². The van der Waals surface area contributed by atoms with Gasteiger partial charge in [-0.1, -0.05) is 49.5 Å². The summed E-state index contributed by atoms with van der Waals surface area (Å²) in [7, 11) is 0. The molecule has 3 aromatic rings. The van der Waals surface area contributed by atoms with Crippen molar-refractivity contribution >= 4 is 10.8 Å². The smallest absolute Gasteiger partial charge is 0.166 e. The van der Waals surface area contributed by atoms with Crippen LogP contribution in [0.25, 0.3) is 10.8 Å². The minimum Gasteiger partial charge on any atom is -0.204 e. The SMILES string of the molecule is CCCCc1ccc(C#Cc2ccc3c(F)c(F)ccc3c2)cc1. The molecule has 0 aliphatic carbocycles. The topological polar surface area (TPSA) is 0 Å². The molecule has 0 saturated carbocycles. The van der Waals surface area contributed by atoms with Gasteiger partial charge in [-0.25, -0.2) is 8.78 Å². The average Bonchev–Trinajstić information content (AvgIpc) is 2.62. The standard InChI is InChI=1S/C22H18F2/c1-2-3-4-16-5-7-17(8-6-16)9-10-18-11-13-20-19(15-18)12-14-21(23)22(20)24/h5-8,11-15H,2-4H2,1H3. The van der Waals surface area contributed by atoms with Crippen molar-refractivity contribution < 1.29 is 8.78 Å². The van der Waals surface area contributed by atoms with Crippen molar-refractivity contribution in [1.29, 1.82) is 0 Å². The minimum atomic E-state index is -0.829. The Kier molecular flexibility index (Phi) is 4.91. The zero-order chi connectivity index (χ0) is 16.9. The lowest BCUT2D eigenvalue weighted by Crippen LogP contribution is -1.87. The summed E-state index contributed by atoms with van der Waals surface area (Å²) in [5.41, 5.74) is 3.05. The zero-order valence-corrected chi connectivity index (χ0v) is 13.6. The second kappa shape index (κ2) is 7.27. The van der Waals surface area contributed by atoms with Gasteiger partial charge in [0.15, 0.2) is 11.6 Å². The van der Waals surface area contributed by atoms with Crippen molar-refractivity contribution in [1.82, 2.24) is 0 Å². The van der Waals surface area contributed by atoms with E-state index in [4.69, 9.17) is 0 Å². The van der Waals surface area contributed by atoms with Crippen molar-refractivity contribution in [3.05, 3.63) is 82.9 Å². The number of halogens is 2. The molecule has 0 heterocycles. The van der Waals surface area contributed by atoms with Gasteiger partial charge in [-0.2, -0.15) is 0 Å². The van der Waals surface area contributed by atoms with Crippen LogP contribution in [0, 0.1) is 23.5 Å². The van der Waals surface area contributed by atoms with Crippen molar-refractivity contribution in [2.75, 3.05) is 0 Å². The van der Waals surface area contributed by atoms with Gasteiger partial charge < -0.3 is 0 Å². The van der Waals surface area contributed by atoms with Gasteiger partial charge in [0.1, 0.15) is 0 Å². The van der Waals surface area contributed by atoms with Gasteiger partial charge in [0.05, 0.1) is 0 Å². The first kappa shape index (κ1) is 16.2. The molecular weight excluding hydrogens is 302 g/mol. The lowest BCUT2D eigenvalue weighted by Gasteiger charge is -2.01. The van der Waals surface area contributed by atoms with Crippen LogP contribution in [0.5, 0.6) is 0 Å². The predicted octanol–water partition coefficient (Wildman–Crippen LogP) is 5.86. The van der Waals surface area contributed by atoms with Crippen LogP contribution in [0.4, 0.5) is 8.78 Å². The largest absolute Gasteiger partial charge is 0.204 e. The Labute approximate surface area is 141 Å². The van der Waals surface area contributed by atoms with Crippen molar-refractivity contribution in [3.8, 4) is 11.8 Å². The molecule has 0 unspecified atom stereocenters. The molecule has 0 aromatic heterocycles. The maximum absolute atomic E-state index is 13.7. The van der Waals surface area contributed by atoms with E-state index in [0.29, 0.717) is 5.39 Å². The van der Waals surface area contributed by atoms with E-state index in [0.717, 1.165) is 23.6 Å². The van der Waals surface area contributed by atoms with Gasteiger partial charge in [-0.15, -0.1) is 0 Å². The van der Waals surface area contributed by atoms with Gasteiger partial charge in [0, 0.05) is 16.5 Å². The number of hydrogen-bond donors (Lipinski definition) is 0. The molecular formula is C22H18F2. The van der Waals surface area contributed by atoms with Crippen LogP contribution in [0.1, 0.15) is 36.5 Å². The average molecular weight is 320 g/mol. The van der Waals surface area contributed by atoms with Gasteiger partial charge in [0.2, 0.25) is 0 Å². The third kappa shape index (κ3) is 3.63. The second-order valence-electron chi connectivity index (χ2n) is 5.85. The maximum Gasteiger partial charge on any atom is 0.166 e. The lowest BCUT2D eigenvalue weighted by molar-refractivity contribution is 0.517. The molecule has 0 atom stereocenters. The van der Waals surface area contributed by atoms with Gasteiger partial charge in [-0.05, 0) is 54.1 Å². The normalized spacial score (nSPS) is 10.5. The number of rotatable bonds is 3. The van der Waals surface area contributed by atoms with Crippen LogP contribution in [-0.4, -0.2) is 0 Å². The highest BCUT2D eigenvalue weighted by Crippen LogP contribution is 2.21. The molecule has 0 N–H and O–H groups in total. The Hall–Kier alpha value is -2.66. The number of hydrogen-bond acceptors (Lipinski definition) is 0. The minimum absolute atomic E-state index is 0.279. The summed E-state index contributed by atoms with van der Waals surface area (Å²) in [6.45, 7) is 2.18. The van der Waals surface area contributed by atoms with E-state index < -0.39 is 11.6 Å². The molecule has 120 valence electrons. The number of unbranched alkanes of at least 4 members (excludes halogenated alkanes) is 1. The Morgan fingerprint density at radius 1 is 0.833 bits per heavy atom. The predicted molar refractivity (Wildman–Crippen MR) is 94.9 cm³/mol. The summed E-state index contributed by atoms with van der Waals surface area (Å²) in [4.78, 5) is 0. The van der Waals surface area contributed by atoms with Crippen molar-refractivity contribution in [2.45, 2.75) is 26.2 Å². The monoisotopic (exact) mass is 320 g/mol. The van der Waals surface area contributed by atoms with Crippen LogP contribution < -0.4 is 0 Å². The maximum atomic E-state index is 13.7. The van der Waals surface area contributed by atoms with E-state index >= 15 is 0 Å². The molecule has 3 rings (SSSR count). The molecule has 0 fully saturated rings. The molecule has 3 aromatic carbocycles. The summed E-state index contributed by atoms with van der Waals surface area (Å²) < 4.78 is 26.9. The Bertz CT molecular complexity index is 912. The molecule has 0 saturated heterocycles. The molecule has 0 bridgehead atoms. The van der Waals surface area contributed by atoms with Crippen molar-refractivity contribution in [2.24, 2.45) is 0 Å². The Balaban J connectivity index is 1.83. The van der Waals surface area contributed by atoms with E-state index in [1.54, 1.807) is 24.3 Å². The fourth-order valence-corrected chi connectivity index (χ4v) is 2.62. The van der Waals surface area contributed by atoms with Crippen LogP contribution in [-0.2, 0) is 6.42 Å². The quantitative estimate of drug-likeness (QED) is 0.530. The van der Waals surface area contributed by atoms with Gasteiger partial charge in [0.25, 0.3) is 0 Å². The van der Waals surface area contributed by atoms with Crippen LogP contribution in [0.3, 0.4) is 0 Å². The van der Waals surface area contributed by atoms with Crippen LogP contribution in [0.2, 0.25) is 0 Å². The highest BCUT2D eigenvalue weighted by atomic mass is 19.2. The molecule has 0 amide bonds. The van der Waals surface area contributed by atoms with E-state index in [-0.39, 0.29) is 5.39 Å². The summed E-state index contributed by atoms with van der Waals surface area (Å²) in [6.07, 6.45) is 3.48. The lowest BCUT2D eigenvalue weighted by atomic mass is 10.0. The fraction of sp³-hybridized carbons (Fsp3) is 0.182. The summed E-state index contributed by atoms with van der Waals surface area (Å²) in [5, 5.41) is 0.927. The molecule has 0 aliphatic rings. The Morgan fingerprint density at radius 3 is 2.29 bits per heavy atom. The molecule has 0 aliphatic heterocycles. The zero-order valence-electron chi connectivity index (χ0n) is 13.6. The van der Waals surface area contributed by atoms with E-state index in [2.05, 4.69) is 30.9 Å². The van der Waals surface area contributed by atoms with E-state index in [1.165, 1.54) is 18.4 Å². The van der Waals surface area contributed by atoms with E-state index in [1.807, 2.05) is 12.1 Å².